The Morgan fingerprint density at radius 1 is 1.29 bits per heavy atom. The van der Waals surface area contributed by atoms with Crippen LogP contribution < -0.4 is 14.8 Å². The van der Waals surface area contributed by atoms with E-state index in [4.69, 9.17) is 9.47 Å². The van der Waals surface area contributed by atoms with Crippen molar-refractivity contribution in [2.24, 2.45) is 0 Å². The molecular weight excluding hydrogens is 360 g/mol. The maximum absolute atomic E-state index is 12.9. The molecule has 0 fully saturated rings. The van der Waals surface area contributed by atoms with Crippen LogP contribution in [-0.2, 0) is 24.2 Å². The third-order valence-corrected chi connectivity index (χ3v) is 4.87. The highest BCUT2D eigenvalue weighted by Crippen LogP contribution is 2.26. The SMILES string of the molecule is CCCNC(=O)c1n[nH]c2c1CN(C(=O)Cc1cc(OC)ccc1OC)CC2. The second-order valence-corrected chi connectivity index (χ2v) is 6.71. The lowest BCUT2D eigenvalue weighted by Crippen LogP contribution is -2.37. The molecule has 0 radical (unpaired) electrons. The van der Waals surface area contributed by atoms with Gasteiger partial charge in [-0.3, -0.25) is 14.7 Å². The van der Waals surface area contributed by atoms with Gasteiger partial charge in [0.1, 0.15) is 11.5 Å². The first-order valence-corrected chi connectivity index (χ1v) is 9.40. The Balaban J connectivity index is 1.74. The summed E-state index contributed by atoms with van der Waals surface area (Å²) in [5, 5.41) is 9.95. The van der Waals surface area contributed by atoms with E-state index < -0.39 is 0 Å². The fourth-order valence-electron chi connectivity index (χ4n) is 3.31. The monoisotopic (exact) mass is 386 g/mol. The lowest BCUT2D eigenvalue weighted by atomic mass is 10.0. The number of hydrogen-bond acceptors (Lipinski definition) is 5. The molecule has 0 saturated carbocycles. The highest BCUT2D eigenvalue weighted by molar-refractivity contribution is 5.94. The number of nitrogens with one attached hydrogen (secondary N) is 2. The van der Waals surface area contributed by atoms with Crippen molar-refractivity contribution >= 4 is 11.8 Å². The molecule has 2 amide bonds. The van der Waals surface area contributed by atoms with E-state index in [0.717, 1.165) is 23.2 Å². The second-order valence-electron chi connectivity index (χ2n) is 6.71. The Hall–Kier alpha value is -3.03. The first-order chi connectivity index (χ1) is 13.6. The van der Waals surface area contributed by atoms with Crippen LogP contribution in [0.3, 0.4) is 0 Å². The summed E-state index contributed by atoms with van der Waals surface area (Å²) < 4.78 is 10.6. The van der Waals surface area contributed by atoms with Crippen molar-refractivity contribution in [3.8, 4) is 11.5 Å². The van der Waals surface area contributed by atoms with Crippen LogP contribution >= 0.6 is 0 Å². The summed E-state index contributed by atoms with van der Waals surface area (Å²) in [4.78, 5) is 27.0. The molecule has 8 heteroatoms. The van der Waals surface area contributed by atoms with Crippen LogP contribution in [0.1, 0.15) is 40.7 Å². The number of nitrogens with zero attached hydrogens (tertiary/aromatic N) is 2. The number of ether oxygens (including phenoxy) is 2. The third-order valence-electron chi connectivity index (χ3n) is 4.87. The van der Waals surface area contributed by atoms with Gasteiger partial charge in [0.2, 0.25) is 5.91 Å². The lowest BCUT2D eigenvalue weighted by Gasteiger charge is -2.27. The van der Waals surface area contributed by atoms with Crippen LogP contribution in [0.2, 0.25) is 0 Å². The molecule has 1 aliphatic rings. The summed E-state index contributed by atoms with van der Waals surface area (Å²) >= 11 is 0. The molecule has 0 unspecified atom stereocenters. The quantitative estimate of drug-likeness (QED) is 0.755. The molecule has 1 aliphatic heterocycles. The smallest absolute Gasteiger partial charge is 0.272 e. The predicted octanol–water partition coefficient (Wildman–Crippen LogP) is 1.69. The first kappa shape index (κ1) is 19.7. The van der Waals surface area contributed by atoms with Crippen LogP contribution in [-0.4, -0.2) is 54.2 Å². The van der Waals surface area contributed by atoms with Crippen molar-refractivity contribution in [3.05, 3.63) is 40.7 Å². The molecule has 2 heterocycles. The van der Waals surface area contributed by atoms with Crippen LogP contribution in [0.15, 0.2) is 18.2 Å². The number of H-pyrrole nitrogens is 1. The Morgan fingerprint density at radius 3 is 2.82 bits per heavy atom. The molecule has 0 atom stereocenters. The number of methoxy groups -OCH3 is 2. The number of fused-ring (bicyclic) bond motifs is 1. The molecule has 0 spiro atoms. The minimum Gasteiger partial charge on any atom is -0.497 e. The number of benzene rings is 1. The van der Waals surface area contributed by atoms with E-state index in [1.807, 2.05) is 13.0 Å². The molecule has 8 nitrogen and oxygen atoms in total. The van der Waals surface area contributed by atoms with E-state index in [9.17, 15) is 9.59 Å². The fourth-order valence-corrected chi connectivity index (χ4v) is 3.31. The topological polar surface area (TPSA) is 96.6 Å². The number of aromatic nitrogens is 2. The molecule has 150 valence electrons. The fraction of sp³-hybridized carbons (Fsp3) is 0.450. The summed E-state index contributed by atoms with van der Waals surface area (Å²) in [7, 11) is 3.17. The molecule has 2 aromatic rings. The van der Waals surface area contributed by atoms with Crippen molar-refractivity contribution in [2.45, 2.75) is 32.7 Å². The Bertz CT molecular complexity index is 862. The van der Waals surface area contributed by atoms with Crippen LogP contribution in [0.4, 0.5) is 0 Å². The zero-order valence-corrected chi connectivity index (χ0v) is 16.5. The van der Waals surface area contributed by atoms with Crippen molar-refractivity contribution in [1.82, 2.24) is 20.4 Å². The molecule has 3 rings (SSSR count). The van der Waals surface area contributed by atoms with Crippen molar-refractivity contribution in [2.75, 3.05) is 27.3 Å². The number of amides is 2. The molecule has 0 bridgehead atoms. The van der Waals surface area contributed by atoms with Crippen LogP contribution in [0.5, 0.6) is 11.5 Å². The van der Waals surface area contributed by atoms with E-state index in [2.05, 4.69) is 15.5 Å². The summed E-state index contributed by atoms with van der Waals surface area (Å²) in [5.74, 6) is 1.09. The van der Waals surface area contributed by atoms with Gasteiger partial charge in [-0.05, 0) is 24.6 Å². The zero-order valence-electron chi connectivity index (χ0n) is 16.5. The maximum atomic E-state index is 12.9. The molecular formula is C20H26N4O4. The molecule has 28 heavy (non-hydrogen) atoms. The van der Waals surface area contributed by atoms with Gasteiger partial charge in [0.25, 0.3) is 5.91 Å². The average Bonchev–Trinajstić information content (AvgIpc) is 3.15. The number of carbonyl (C=O) groups is 2. The minimum absolute atomic E-state index is 0.0293. The Kier molecular flexibility index (Phi) is 6.18. The molecule has 1 aromatic heterocycles. The average molecular weight is 386 g/mol. The van der Waals surface area contributed by atoms with Gasteiger partial charge >= 0.3 is 0 Å². The van der Waals surface area contributed by atoms with E-state index in [1.54, 1.807) is 31.3 Å². The lowest BCUT2D eigenvalue weighted by molar-refractivity contribution is -0.131. The number of hydrogen-bond donors (Lipinski definition) is 2. The molecule has 2 N–H and O–H groups in total. The van der Waals surface area contributed by atoms with Crippen LogP contribution in [0, 0.1) is 0 Å². The van der Waals surface area contributed by atoms with Crippen molar-refractivity contribution in [3.63, 3.8) is 0 Å². The second kappa shape index (κ2) is 8.77. The standard InChI is InChI=1S/C20H26N4O4/c1-4-8-21-20(26)19-15-12-24(9-7-16(15)22-23-19)18(25)11-13-10-14(27-2)5-6-17(13)28-3/h5-6,10H,4,7-9,11-12H2,1-3H3,(H,21,26)(H,22,23). The number of rotatable bonds is 7. The number of carbonyl (C=O) groups excluding carboxylic acids is 2. The first-order valence-electron chi connectivity index (χ1n) is 9.40. The van der Waals surface area contributed by atoms with E-state index >= 15 is 0 Å². The van der Waals surface area contributed by atoms with Gasteiger partial charge in [0, 0.05) is 42.9 Å². The predicted molar refractivity (Wildman–Crippen MR) is 104 cm³/mol. The molecule has 0 saturated heterocycles. The van der Waals surface area contributed by atoms with Gasteiger partial charge in [-0.1, -0.05) is 6.92 Å². The summed E-state index contributed by atoms with van der Waals surface area (Å²) in [6, 6.07) is 5.40. The van der Waals surface area contributed by atoms with Gasteiger partial charge in [0.05, 0.1) is 20.6 Å². The highest BCUT2D eigenvalue weighted by Gasteiger charge is 2.28. The summed E-state index contributed by atoms with van der Waals surface area (Å²) in [5.41, 5.74) is 2.86. The van der Waals surface area contributed by atoms with Crippen molar-refractivity contribution < 1.29 is 19.1 Å². The Morgan fingerprint density at radius 2 is 2.11 bits per heavy atom. The van der Waals surface area contributed by atoms with E-state index in [1.165, 1.54) is 0 Å². The largest absolute Gasteiger partial charge is 0.497 e. The van der Waals surface area contributed by atoms with Crippen molar-refractivity contribution in [1.29, 1.82) is 0 Å². The van der Waals surface area contributed by atoms with E-state index in [-0.39, 0.29) is 18.2 Å². The summed E-state index contributed by atoms with van der Waals surface area (Å²) in [6.07, 6.45) is 1.70. The van der Waals surface area contributed by atoms with Crippen LogP contribution in [0.25, 0.3) is 0 Å². The third kappa shape index (κ3) is 4.11. The summed E-state index contributed by atoms with van der Waals surface area (Å²) in [6.45, 7) is 3.54. The van der Waals surface area contributed by atoms with Gasteiger partial charge in [-0.15, -0.1) is 0 Å². The molecule has 0 aliphatic carbocycles. The normalized spacial score (nSPS) is 13.0. The zero-order chi connectivity index (χ0) is 20.1. The van der Waals surface area contributed by atoms with Gasteiger partial charge < -0.3 is 19.7 Å². The Labute approximate surface area is 164 Å². The maximum Gasteiger partial charge on any atom is 0.272 e. The number of aromatic amines is 1. The molecule has 1 aromatic carbocycles. The van der Waals surface area contributed by atoms with Gasteiger partial charge in [0.15, 0.2) is 5.69 Å². The van der Waals surface area contributed by atoms with Gasteiger partial charge in [-0.2, -0.15) is 5.10 Å². The van der Waals surface area contributed by atoms with Gasteiger partial charge in [-0.25, -0.2) is 0 Å². The minimum atomic E-state index is -0.205. The highest BCUT2D eigenvalue weighted by atomic mass is 16.5. The van der Waals surface area contributed by atoms with E-state index in [0.29, 0.717) is 43.2 Å².